The van der Waals surface area contributed by atoms with Crippen LogP contribution < -0.4 is 10.6 Å². The van der Waals surface area contributed by atoms with Crippen molar-refractivity contribution in [3.05, 3.63) is 59.7 Å². The number of urea groups is 1. The Bertz CT molecular complexity index is 992. The zero-order valence-corrected chi connectivity index (χ0v) is 16.3. The van der Waals surface area contributed by atoms with E-state index >= 15 is 0 Å². The maximum absolute atomic E-state index is 13.0. The number of nitrogens with one attached hydrogen (secondary N) is 2. The van der Waals surface area contributed by atoms with E-state index in [-0.39, 0.29) is 11.4 Å². The second-order valence-corrected chi connectivity index (χ2v) is 8.10. The summed E-state index contributed by atoms with van der Waals surface area (Å²) in [6.45, 7) is 1.84. The molecular weight excluding hydrogens is 382 g/mol. The van der Waals surface area contributed by atoms with Gasteiger partial charge in [-0.25, -0.2) is 22.3 Å². The zero-order valence-electron chi connectivity index (χ0n) is 15.5. The van der Waals surface area contributed by atoms with Crippen molar-refractivity contribution in [2.24, 2.45) is 0 Å². The molecule has 1 fully saturated rings. The van der Waals surface area contributed by atoms with Crippen LogP contribution in [0.25, 0.3) is 0 Å². The van der Waals surface area contributed by atoms with Gasteiger partial charge in [0.15, 0.2) is 0 Å². The first-order valence-corrected chi connectivity index (χ1v) is 10.2. The number of hydrogen-bond acceptors (Lipinski definition) is 5. The van der Waals surface area contributed by atoms with Crippen LogP contribution in [0.4, 0.5) is 15.3 Å². The smallest absolute Gasteiger partial charge is 0.411 e. The Balaban J connectivity index is 1.88. The van der Waals surface area contributed by atoms with Gasteiger partial charge in [0.25, 0.3) is 10.0 Å². The fraction of sp³-hybridized carbons (Fsp3) is 0.263. The molecule has 0 bridgehead atoms. The third-order valence-electron chi connectivity index (χ3n) is 4.54. The Hall–Kier alpha value is -3.07. The first-order valence-electron chi connectivity index (χ1n) is 8.73. The number of methoxy groups -OCH3 is 1. The number of rotatable bonds is 5. The molecule has 0 radical (unpaired) electrons. The van der Waals surface area contributed by atoms with E-state index in [9.17, 15) is 18.0 Å². The van der Waals surface area contributed by atoms with Crippen LogP contribution in [0.1, 0.15) is 24.1 Å². The Morgan fingerprint density at radius 1 is 1.25 bits per heavy atom. The lowest BCUT2D eigenvalue weighted by molar-refractivity contribution is 0.187. The van der Waals surface area contributed by atoms with Crippen molar-refractivity contribution >= 4 is 27.8 Å². The largest absolute Gasteiger partial charge is 0.453 e. The van der Waals surface area contributed by atoms with Gasteiger partial charge in [0, 0.05) is 5.69 Å². The Morgan fingerprint density at radius 2 is 1.96 bits per heavy atom. The third-order valence-corrected chi connectivity index (χ3v) is 6.29. The topological polar surface area (TPSA) is 105 Å². The summed E-state index contributed by atoms with van der Waals surface area (Å²) in [5.74, 6) is 0. The second kappa shape index (κ2) is 7.89. The molecule has 0 saturated carbocycles. The first kappa shape index (κ1) is 19.7. The quantitative estimate of drug-likeness (QED) is 0.799. The molecule has 28 heavy (non-hydrogen) atoms. The summed E-state index contributed by atoms with van der Waals surface area (Å²) in [7, 11) is -2.79. The number of aryl methyl sites for hydroxylation is 1. The molecule has 2 N–H and O–H groups in total. The minimum absolute atomic E-state index is 0.00873. The summed E-state index contributed by atoms with van der Waals surface area (Å²) in [5.41, 5.74) is 1.91. The molecular formula is C19H21N3O5S. The summed E-state index contributed by atoms with van der Waals surface area (Å²) in [4.78, 5) is 23.8. The number of amides is 3. The molecule has 3 amide bonds. The lowest BCUT2D eigenvalue weighted by atomic mass is 10.1. The van der Waals surface area contributed by atoms with Crippen molar-refractivity contribution in [1.29, 1.82) is 0 Å². The summed E-state index contributed by atoms with van der Waals surface area (Å²) in [5, 5.41) is 5.25. The van der Waals surface area contributed by atoms with Crippen LogP contribution in [0.5, 0.6) is 0 Å². The van der Waals surface area contributed by atoms with E-state index in [0.717, 1.165) is 9.87 Å². The van der Waals surface area contributed by atoms with Crippen LogP contribution in [-0.4, -0.2) is 38.5 Å². The highest BCUT2D eigenvalue weighted by molar-refractivity contribution is 7.89. The van der Waals surface area contributed by atoms with Crippen LogP contribution in [0.2, 0.25) is 0 Å². The van der Waals surface area contributed by atoms with E-state index in [1.807, 2.05) is 37.3 Å². The van der Waals surface area contributed by atoms with E-state index in [0.29, 0.717) is 17.7 Å². The highest BCUT2D eigenvalue weighted by Gasteiger charge is 2.38. The average Bonchev–Trinajstić information content (AvgIpc) is 3.11. The Morgan fingerprint density at radius 3 is 2.61 bits per heavy atom. The number of benzene rings is 2. The first-order chi connectivity index (χ1) is 13.4. The van der Waals surface area contributed by atoms with Gasteiger partial charge in [0.05, 0.1) is 24.6 Å². The Kier molecular flexibility index (Phi) is 5.55. The van der Waals surface area contributed by atoms with E-state index in [4.69, 9.17) is 0 Å². The van der Waals surface area contributed by atoms with Gasteiger partial charge in [0.2, 0.25) is 0 Å². The molecule has 2 aromatic carbocycles. The normalized spacial score (nSPS) is 16.6. The molecule has 1 heterocycles. The lowest BCUT2D eigenvalue weighted by Crippen LogP contribution is -2.34. The molecule has 1 aliphatic rings. The molecule has 1 unspecified atom stereocenters. The van der Waals surface area contributed by atoms with Crippen molar-refractivity contribution in [1.82, 2.24) is 9.62 Å². The average molecular weight is 403 g/mol. The van der Waals surface area contributed by atoms with Gasteiger partial charge in [-0.1, -0.05) is 37.3 Å². The summed E-state index contributed by atoms with van der Waals surface area (Å²) in [6.07, 6.45) is -0.156. The van der Waals surface area contributed by atoms with Crippen molar-refractivity contribution in [3.8, 4) is 0 Å². The standard InChI is InChI=1S/C19H21N3O5S/c1-3-13-11-15(9-10-16(13)21-19(24)27-2)28(25,26)22-12-17(20-18(22)23)14-7-5-4-6-8-14/h4-11,17H,3,12H2,1-2H3,(H,20,23)(H,21,24). The number of hydrogen-bond donors (Lipinski definition) is 2. The van der Waals surface area contributed by atoms with Gasteiger partial charge in [0.1, 0.15) is 0 Å². The van der Waals surface area contributed by atoms with Crippen molar-refractivity contribution in [3.63, 3.8) is 0 Å². The second-order valence-electron chi connectivity index (χ2n) is 6.24. The fourth-order valence-corrected chi connectivity index (χ4v) is 4.43. The SMILES string of the molecule is CCc1cc(S(=O)(=O)N2CC(c3ccccc3)NC2=O)ccc1NC(=O)OC. The van der Waals surface area contributed by atoms with Gasteiger partial charge >= 0.3 is 12.1 Å². The third kappa shape index (κ3) is 3.79. The van der Waals surface area contributed by atoms with E-state index in [2.05, 4.69) is 15.4 Å². The van der Waals surface area contributed by atoms with Crippen molar-refractivity contribution in [2.75, 3.05) is 19.0 Å². The monoisotopic (exact) mass is 403 g/mol. The molecule has 8 nitrogen and oxygen atoms in total. The van der Waals surface area contributed by atoms with Crippen LogP contribution in [0.15, 0.2) is 53.4 Å². The molecule has 1 saturated heterocycles. The van der Waals surface area contributed by atoms with Gasteiger partial charge in [-0.3, -0.25) is 5.32 Å². The highest BCUT2D eigenvalue weighted by Crippen LogP contribution is 2.28. The van der Waals surface area contributed by atoms with Gasteiger partial charge < -0.3 is 10.1 Å². The van der Waals surface area contributed by atoms with E-state index in [1.165, 1.54) is 25.3 Å². The highest BCUT2D eigenvalue weighted by atomic mass is 32.2. The van der Waals surface area contributed by atoms with Crippen LogP contribution >= 0.6 is 0 Å². The molecule has 148 valence electrons. The summed E-state index contributed by atoms with van der Waals surface area (Å²) >= 11 is 0. The molecule has 9 heteroatoms. The molecule has 2 aromatic rings. The lowest BCUT2D eigenvalue weighted by Gasteiger charge is -2.17. The number of ether oxygens (including phenoxy) is 1. The fourth-order valence-electron chi connectivity index (χ4n) is 3.03. The van der Waals surface area contributed by atoms with Crippen molar-refractivity contribution < 1.29 is 22.7 Å². The number of nitrogens with zero attached hydrogens (tertiary/aromatic N) is 1. The molecule has 1 atom stereocenters. The summed E-state index contributed by atoms with van der Waals surface area (Å²) < 4.78 is 31.5. The number of sulfonamides is 1. The number of carbonyl (C=O) groups is 2. The van der Waals surface area contributed by atoms with Crippen LogP contribution in [0.3, 0.4) is 0 Å². The molecule has 0 aromatic heterocycles. The van der Waals surface area contributed by atoms with Gasteiger partial charge in [-0.2, -0.15) is 0 Å². The maximum atomic E-state index is 13.0. The number of carbonyl (C=O) groups excluding carboxylic acids is 2. The minimum Gasteiger partial charge on any atom is -0.453 e. The molecule has 3 rings (SSSR count). The molecule has 1 aliphatic heterocycles. The van der Waals surface area contributed by atoms with E-state index in [1.54, 1.807) is 0 Å². The molecule has 0 aliphatic carbocycles. The predicted molar refractivity (Wildman–Crippen MR) is 103 cm³/mol. The zero-order chi connectivity index (χ0) is 20.3. The maximum Gasteiger partial charge on any atom is 0.411 e. The Labute approximate surface area is 163 Å². The van der Waals surface area contributed by atoms with E-state index < -0.39 is 28.2 Å². The van der Waals surface area contributed by atoms with Crippen LogP contribution in [-0.2, 0) is 21.2 Å². The minimum atomic E-state index is -4.03. The van der Waals surface area contributed by atoms with Gasteiger partial charge in [-0.15, -0.1) is 0 Å². The predicted octanol–water partition coefficient (Wildman–Crippen LogP) is 2.88. The van der Waals surface area contributed by atoms with Gasteiger partial charge in [-0.05, 0) is 35.7 Å². The molecule has 0 spiro atoms. The van der Waals surface area contributed by atoms with Crippen LogP contribution in [0, 0.1) is 0 Å². The summed E-state index contributed by atoms with van der Waals surface area (Å²) in [6, 6.07) is 12.4. The van der Waals surface area contributed by atoms with Crippen molar-refractivity contribution in [2.45, 2.75) is 24.3 Å². The number of anilines is 1.